The molecule has 0 aromatic carbocycles. The molecule has 0 aromatic rings. The van der Waals surface area contributed by atoms with Crippen LogP contribution in [0.4, 0.5) is 4.79 Å². The molecule has 0 spiro atoms. The van der Waals surface area contributed by atoms with Crippen molar-refractivity contribution in [3.63, 3.8) is 0 Å². The summed E-state index contributed by atoms with van der Waals surface area (Å²) >= 11 is 0. The highest BCUT2D eigenvalue weighted by atomic mass is 16.6. The summed E-state index contributed by atoms with van der Waals surface area (Å²) in [6, 6.07) is -0.709. The lowest BCUT2D eigenvalue weighted by molar-refractivity contribution is -0.145. The number of hydrogen-bond acceptors (Lipinski definition) is 5. The van der Waals surface area contributed by atoms with Crippen LogP contribution in [0.1, 0.15) is 58.8 Å². The number of esters is 1. The van der Waals surface area contributed by atoms with Gasteiger partial charge in [-0.2, -0.15) is 0 Å². The molecule has 0 radical (unpaired) electrons. The molecule has 6 nitrogen and oxygen atoms in total. The van der Waals surface area contributed by atoms with E-state index in [0.717, 1.165) is 12.8 Å². The minimum absolute atomic E-state index is 0.155. The summed E-state index contributed by atoms with van der Waals surface area (Å²) in [5.74, 6) is -0.435. The summed E-state index contributed by atoms with van der Waals surface area (Å²) in [5.41, 5.74) is 0. The zero-order valence-corrected chi connectivity index (χ0v) is 14.2. The van der Waals surface area contributed by atoms with Crippen LogP contribution < -0.4 is 5.32 Å². The summed E-state index contributed by atoms with van der Waals surface area (Å²) in [5, 5.41) is 2.42. The Morgan fingerprint density at radius 1 is 0.909 bits per heavy atom. The Hall–Kier alpha value is -1.30. The number of methoxy groups -OCH3 is 1. The molecule has 1 atom stereocenters. The van der Waals surface area contributed by atoms with Crippen molar-refractivity contribution in [3.8, 4) is 0 Å². The highest BCUT2D eigenvalue weighted by molar-refractivity contribution is 5.80. The number of alkyl carbamates (subject to hydrolysis) is 1. The maximum Gasteiger partial charge on any atom is 0.407 e. The monoisotopic (exact) mass is 317 g/mol. The first-order valence-electron chi connectivity index (χ1n) is 8.20. The van der Waals surface area contributed by atoms with Gasteiger partial charge in [0.05, 0.1) is 13.2 Å². The third kappa shape index (κ3) is 12.4. The Balaban J connectivity index is 3.55. The van der Waals surface area contributed by atoms with E-state index in [1.54, 1.807) is 6.92 Å². The normalized spacial score (nSPS) is 11.8. The second-order valence-electron chi connectivity index (χ2n) is 5.28. The molecule has 0 rings (SSSR count). The van der Waals surface area contributed by atoms with Crippen LogP contribution in [-0.4, -0.2) is 45.0 Å². The van der Waals surface area contributed by atoms with Crippen molar-refractivity contribution in [2.24, 2.45) is 0 Å². The Bertz CT molecular complexity index is 296. The molecule has 1 N–H and O–H groups in total. The summed E-state index contributed by atoms with van der Waals surface area (Å²) in [4.78, 5) is 23.0. The molecule has 0 aromatic heterocycles. The number of carbonyl (C=O) groups excluding carboxylic acids is 2. The Morgan fingerprint density at radius 2 is 1.55 bits per heavy atom. The van der Waals surface area contributed by atoms with E-state index in [0.29, 0.717) is 13.2 Å². The van der Waals surface area contributed by atoms with Gasteiger partial charge in [0.15, 0.2) is 0 Å². The van der Waals surface area contributed by atoms with Gasteiger partial charge in [-0.1, -0.05) is 45.4 Å². The molecule has 0 bridgehead atoms. The van der Waals surface area contributed by atoms with Gasteiger partial charge in [-0.15, -0.1) is 0 Å². The Labute approximate surface area is 133 Å². The fourth-order valence-electron chi connectivity index (χ4n) is 1.85. The molecule has 0 saturated carbocycles. The van der Waals surface area contributed by atoms with E-state index in [1.165, 1.54) is 39.2 Å². The molecule has 0 aliphatic heterocycles. The average Bonchev–Trinajstić information content (AvgIpc) is 2.49. The van der Waals surface area contributed by atoms with E-state index < -0.39 is 18.1 Å². The van der Waals surface area contributed by atoms with Gasteiger partial charge in [0.25, 0.3) is 0 Å². The first-order chi connectivity index (χ1) is 10.6. The van der Waals surface area contributed by atoms with Gasteiger partial charge < -0.3 is 19.5 Å². The van der Waals surface area contributed by atoms with E-state index in [4.69, 9.17) is 14.2 Å². The molecular formula is C16H31NO5. The topological polar surface area (TPSA) is 73.9 Å². The van der Waals surface area contributed by atoms with Crippen molar-refractivity contribution < 1.29 is 23.8 Å². The van der Waals surface area contributed by atoms with E-state index in [-0.39, 0.29) is 6.61 Å². The van der Waals surface area contributed by atoms with Crippen molar-refractivity contribution in [1.82, 2.24) is 5.32 Å². The van der Waals surface area contributed by atoms with Gasteiger partial charge >= 0.3 is 12.1 Å². The van der Waals surface area contributed by atoms with Crippen LogP contribution >= 0.6 is 0 Å². The van der Waals surface area contributed by atoms with Gasteiger partial charge in [-0.3, -0.25) is 0 Å². The van der Waals surface area contributed by atoms with Crippen LogP contribution in [-0.2, 0) is 19.0 Å². The van der Waals surface area contributed by atoms with E-state index in [1.807, 2.05) is 0 Å². The number of rotatable bonds is 13. The molecular weight excluding hydrogens is 286 g/mol. The van der Waals surface area contributed by atoms with Crippen molar-refractivity contribution >= 4 is 12.1 Å². The summed E-state index contributed by atoms with van der Waals surface area (Å²) < 4.78 is 14.7. The van der Waals surface area contributed by atoms with Crippen molar-refractivity contribution in [2.45, 2.75) is 64.8 Å². The van der Waals surface area contributed by atoms with E-state index in [9.17, 15) is 9.59 Å². The smallest absolute Gasteiger partial charge is 0.407 e. The first kappa shape index (κ1) is 20.7. The third-order valence-electron chi connectivity index (χ3n) is 3.20. The van der Waals surface area contributed by atoms with Gasteiger partial charge in [0, 0.05) is 7.11 Å². The molecule has 1 amide bonds. The van der Waals surface area contributed by atoms with Gasteiger partial charge in [0.1, 0.15) is 12.6 Å². The molecule has 0 aliphatic carbocycles. The van der Waals surface area contributed by atoms with Crippen LogP contribution in [0.3, 0.4) is 0 Å². The molecule has 1 unspecified atom stereocenters. The minimum atomic E-state index is -0.709. The lowest BCUT2D eigenvalue weighted by atomic mass is 10.1. The Morgan fingerprint density at radius 3 is 2.18 bits per heavy atom. The highest BCUT2D eigenvalue weighted by Gasteiger charge is 2.17. The second-order valence-corrected chi connectivity index (χ2v) is 5.28. The first-order valence-corrected chi connectivity index (χ1v) is 8.20. The zero-order valence-electron chi connectivity index (χ0n) is 14.2. The van der Waals surface area contributed by atoms with Crippen LogP contribution in [0.5, 0.6) is 0 Å². The number of nitrogens with one attached hydrogen (secondary N) is 1. The number of amides is 1. The average molecular weight is 317 g/mol. The SMILES string of the molecule is CCCCCCCCCOC(=O)C(C)NC(=O)OCCOC. The molecule has 0 heterocycles. The number of unbranched alkanes of at least 4 members (excludes halogenated alkanes) is 6. The summed E-state index contributed by atoms with van der Waals surface area (Å²) in [6.07, 6.45) is 7.53. The van der Waals surface area contributed by atoms with E-state index >= 15 is 0 Å². The Kier molecular flexibility index (Phi) is 13.8. The summed E-state index contributed by atoms with van der Waals surface area (Å²) in [7, 11) is 1.52. The summed E-state index contributed by atoms with van der Waals surface area (Å²) in [6.45, 7) is 4.65. The van der Waals surface area contributed by atoms with Gasteiger partial charge in [0.2, 0.25) is 0 Å². The molecule has 130 valence electrons. The standard InChI is InChI=1S/C16H31NO5/c1-4-5-6-7-8-9-10-11-21-15(18)14(2)17-16(19)22-13-12-20-3/h14H,4-13H2,1-3H3,(H,17,19). The van der Waals surface area contributed by atoms with Crippen LogP contribution in [0, 0.1) is 0 Å². The van der Waals surface area contributed by atoms with Gasteiger partial charge in [-0.25, -0.2) is 9.59 Å². The van der Waals surface area contributed by atoms with Crippen molar-refractivity contribution in [2.75, 3.05) is 26.9 Å². The second kappa shape index (κ2) is 14.6. The van der Waals surface area contributed by atoms with Crippen LogP contribution in [0.15, 0.2) is 0 Å². The molecule has 0 saturated heterocycles. The molecule has 0 aliphatic rings. The largest absolute Gasteiger partial charge is 0.464 e. The predicted molar refractivity (Wildman–Crippen MR) is 84.8 cm³/mol. The van der Waals surface area contributed by atoms with Crippen LogP contribution in [0.25, 0.3) is 0 Å². The van der Waals surface area contributed by atoms with Gasteiger partial charge in [-0.05, 0) is 13.3 Å². The lowest BCUT2D eigenvalue weighted by Gasteiger charge is -2.13. The number of ether oxygens (including phenoxy) is 3. The molecule has 6 heteroatoms. The lowest BCUT2D eigenvalue weighted by Crippen LogP contribution is -2.40. The zero-order chi connectivity index (χ0) is 16.6. The van der Waals surface area contributed by atoms with Crippen molar-refractivity contribution in [1.29, 1.82) is 0 Å². The maximum atomic E-state index is 11.7. The van der Waals surface area contributed by atoms with Crippen LogP contribution in [0.2, 0.25) is 0 Å². The highest BCUT2D eigenvalue weighted by Crippen LogP contribution is 2.07. The van der Waals surface area contributed by atoms with Crippen molar-refractivity contribution in [3.05, 3.63) is 0 Å². The predicted octanol–water partition coefficient (Wildman–Crippen LogP) is 3.04. The molecule has 0 fully saturated rings. The third-order valence-corrected chi connectivity index (χ3v) is 3.20. The fourth-order valence-corrected chi connectivity index (χ4v) is 1.85. The minimum Gasteiger partial charge on any atom is -0.464 e. The van der Waals surface area contributed by atoms with E-state index in [2.05, 4.69) is 12.2 Å². The molecule has 22 heavy (non-hydrogen) atoms. The quantitative estimate of drug-likeness (QED) is 0.417. The maximum absolute atomic E-state index is 11.7. The fraction of sp³-hybridized carbons (Fsp3) is 0.875. The number of hydrogen-bond donors (Lipinski definition) is 1. The number of carbonyl (C=O) groups is 2.